The van der Waals surface area contributed by atoms with E-state index in [0.717, 1.165) is 22.7 Å². The van der Waals surface area contributed by atoms with Crippen LogP contribution in [0.5, 0.6) is 11.5 Å². The highest BCUT2D eigenvalue weighted by molar-refractivity contribution is 5.74. The van der Waals surface area contributed by atoms with E-state index in [4.69, 9.17) is 9.47 Å². The van der Waals surface area contributed by atoms with Crippen molar-refractivity contribution in [2.24, 2.45) is 0 Å². The molecule has 0 bridgehead atoms. The minimum absolute atomic E-state index is 0.375. The van der Waals surface area contributed by atoms with E-state index in [1.165, 1.54) is 0 Å². The van der Waals surface area contributed by atoms with Crippen LogP contribution in [0.4, 0.5) is 5.69 Å². The van der Waals surface area contributed by atoms with Gasteiger partial charge in [-0.2, -0.15) is 0 Å². The highest BCUT2D eigenvalue weighted by Crippen LogP contribution is 2.37. The third kappa shape index (κ3) is 1.44. The summed E-state index contributed by atoms with van der Waals surface area (Å²) >= 11 is 0. The number of rotatable bonds is 0. The van der Waals surface area contributed by atoms with Crippen molar-refractivity contribution >= 4 is 11.8 Å². The molecule has 1 atom stereocenters. The third-order valence-corrected chi connectivity index (χ3v) is 2.66. The normalized spacial score (nSPS) is 21.8. The molecule has 1 aromatic carbocycles. The van der Waals surface area contributed by atoms with Gasteiger partial charge in [0.15, 0.2) is 11.5 Å². The summed E-state index contributed by atoms with van der Waals surface area (Å²) in [7, 11) is 0. The van der Waals surface area contributed by atoms with Crippen LogP contribution in [0.2, 0.25) is 0 Å². The molecule has 78 valence electrons. The fourth-order valence-corrected chi connectivity index (χ4v) is 1.91. The first-order chi connectivity index (χ1) is 7.33. The Morgan fingerprint density at radius 2 is 1.93 bits per heavy atom. The van der Waals surface area contributed by atoms with Gasteiger partial charge in [0.05, 0.1) is 0 Å². The minimum atomic E-state index is 0.375. The SMILES string of the molecule is CC1C=Cc2cc3c(cc2N1)OCCO3. The molecule has 1 unspecified atom stereocenters. The predicted octanol–water partition coefficient (Wildman–Crippen LogP) is 2.28. The van der Waals surface area contributed by atoms with Gasteiger partial charge in [0.2, 0.25) is 0 Å². The Kier molecular flexibility index (Phi) is 1.84. The first-order valence-electron chi connectivity index (χ1n) is 5.21. The minimum Gasteiger partial charge on any atom is -0.486 e. The average Bonchev–Trinajstić information content (AvgIpc) is 2.26. The standard InChI is InChI=1S/C12H13NO2/c1-8-2-3-9-6-11-12(7-10(9)13-8)15-5-4-14-11/h2-3,6-8,13H,4-5H2,1H3. The molecule has 0 fully saturated rings. The quantitative estimate of drug-likeness (QED) is 0.701. The Bertz CT molecular complexity index is 426. The first kappa shape index (κ1) is 8.65. The molecule has 0 saturated carbocycles. The molecule has 0 aliphatic carbocycles. The summed E-state index contributed by atoms with van der Waals surface area (Å²) < 4.78 is 11.1. The van der Waals surface area contributed by atoms with Crippen molar-refractivity contribution < 1.29 is 9.47 Å². The van der Waals surface area contributed by atoms with E-state index in [1.54, 1.807) is 0 Å². The van der Waals surface area contributed by atoms with Crippen LogP contribution in [0.1, 0.15) is 12.5 Å². The Labute approximate surface area is 88.7 Å². The monoisotopic (exact) mass is 203 g/mol. The number of hydrogen-bond donors (Lipinski definition) is 1. The van der Waals surface area contributed by atoms with Crippen molar-refractivity contribution in [1.82, 2.24) is 0 Å². The zero-order valence-corrected chi connectivity index (χ0v) is 8.62. The van der Waals surface area contributed by atoms with Crippen molar-refractivity contribution in [3.63, 3.8) is 0 Å². The Balaban J connectivity index is 2.08. The highest BCUT2D eigenvalue weighted by Gasteiger charge is 2.17. The second-order valence-electron chi connectivity index (χ2n) is 3.88. The van der Waals surface area contributed by atoms with E-state index < -0.39 is 0 Å². The van der Waals surface area contributed by atoms with Crippen molar-refractivity contribution in [2.45, 2.75) is 13.0 Å². The lowest BCUT2D eigenvalue weighted by atomic mass is 10.1. The molecule has 1 aromatic rings. The van der Waals surface area contributed by atoms with E-state index in [-0.39, 0.29) is 0 Å². The summed E-state index contributed by atoms with van der Waals surface area (Å²) in [6.45, 7) is 3.40. The largest absolute Gasteiger partial charge is 0.486 e. The number of benzene rings is 1. The van der Waals surface area contributed by atoms with Crippen LogP contribution in [0.15, 0.2) is 18.2 Å². The highest BCUT2D eigenvalue weighted by atomic mass is 16.6. The molecule has 0 radical (unpaired) electrons. The lowest BCUT2D eigenvalue weighted by Gasteiger charge is -2.24. The fourth-order valence-electron chi connectivity index (χ4n) is 1.91. The van der Waals surface area contributed by atoms with Crippen LogP contribution in [0, 0.1) is 0 Å². The molecule has 1 N–H and O–H groups in total. The van der Waals surface area contributed by atoms with Crippen molar-refractivity contribution in [3.8, 4) is 11.5 Å². The molecule has 0 aromatic heterocycles. The average molecular weight is 203 g/mol. The van der Waals surface area contributed by atoms with Gasteiger partial charge in [-0.05, 0) is 13.0 Å². The van der Waals surface area contributed by atoms with Gasteiger partial charge in [-0.3, -0.25) is 0 Å². The molecule has 3 rings (SSSR count). The van der Waals surface area contributed by atoms with E-state index in [9.17, 15) is 0 Å². The van der Waals surface area contributed by atoms with E-state index in [0.29, 0.717) is 19.3 Å². The van der Waals surface area contributed by atoms with Crippen LogP contribution in [0.3, 0.4) is 0 Å². The third-order valence-electron chi connectivity index (χ3n) is 2.66. The number of anilines is 1. The maximum Gasteiger partial charge on any atom is 0.163 e. The predicted molar refractivity (Wildman–Crippen MR) is 59.6 cm³/mol. The maximum atomic E-state index is 5.54. The van der Waals surface area contributed by atoms with E-state index in [1.807, 2.05) is 12.1 Å². The zero-order chi connectivity index (χ0) is 10.3. The topological polar surface area (TPSA) is 30.5 Å². The van der Waals surface area contributed by atoms with E-state index >= 15 is 0 Å². The Morgan fingerprint density at radius 3 is 2.73 bits per heavy atom. The number of ether oxygens (including phenoxy) is 2. The van der Waals surface area contributed by atoms with Gasteiger partial charge in [0.25, 0.3) is 0 Å². The summed E-state index contributed by atoms with van der Waals surface area (Å²) in [5.41, 5.74) is 2.28. The van der Waals surface area contributed by atoms with Crippen LogP contribution in [-0.2, 0) is 0 Å². The van der Waals surface area contributed by atoms with Gasteiger partial charge in [-0.25, -0.2) is 0 Å². The molecular formula is C12H13NO2. The molecule has 0 spiro atoms. The molecule has 15 heavy (non-hydrogen) atoms. The van der Waals surface area contributed by atoms with Crippen LogP contribution >= 0.6 is 0 Å². The van der Waals surface area contributed by atoms with Crippen LogP contribution in [0.25, 0.3) is 6.08 Å². The Hall–Kier alpha value is -1.64. The number of hydrogen-bond acceptors (Lipinski definition) is 3. The van der Waals surface area contributed by atoms with Gasteiger partial charge < -0.3 is 14.8 Å². The summed E-state index contributed by atoms with van der Waals surface area (Å²) in [6.07, 6.45) is 4.26. The summed E-state index contributed by atoms with van der Waals surface area (Å²) in [5, 5.41) is 3.39. The summed E-state index contributed by atoms with van der Waals surface area (Å²) in [5.74, 6) is 1.69. The smallest absolute Gasteiger partial charge is 0.163 e. The Morgan fingerprint density at radius 1 is 1.20 bits per heavy atom. The molecular weight excluding hydrogens is 190 g/mol. The summed E-state index contributed by atoms with van der Waals surface area (Å²) in [4.78, 5) is 0. The van der Waals surface area contributed by atoms with E-state index in [2.05, 4.69) is 24.4 Å². The van der Waals surface area contributed by atoms with Crippen molar-refractivity contribution in [3.05, 3.63) is 23.8 Å². The summed E-state index contributed by atoms with van der Waals surface area (Å²) in [6, 6.07) is 4.42. The lowest BCUT2D eigenvalue weighted by molar-refractivity contribution is 0.171. The van der Waals surface area contributed by atoms with Crippen LogP contribution < -0.4 is 14.8 Å². The molecule has 3 heteroatoms. The van der Waals surface area contributed by atoms with Gasteiger partial charge in [0.1, 0.15) is 13.2 Å². The van der Waals surface area contributed by atoms with Gasteiger partial charge >= 0.3 is 0 Å². The number of fused-ring (bicyclic) bond motifs is 2. The van der Waals surface area contributed by atoms with Crippen molar-refractivity contribution in [2.75, 3.05) is 18.5 Å². The second-order valence-corrected chi connectivity index (χ2v) is 3.88. The number of nitrogens with one attached hydrogen (secondary N) is 1. The van der Waals surface area contributed by atoms with Gasteiger partial charge in [-0.15, -0.1) is 0 Å². The maximum absolute atomic E-state index is 5.54. The van der Waals surface area contributed by atoms with Crippen LogP contribution in [-0.4, -0.2) is 19.3 Å². The molecule has 2 aliphatic heterocycles. The molecule has 0 amide bonds. The first-order valence-corrected chi connectivity index (χ1v) is 5.21. The molecule has 2 heterocycles. The van der Waals surface area contributed by atoms with Gasteiger partial charge in [-0.1, -0.05) is 12.2 Å². The zero-order valence-electron chi connectivity index (χ0n) is 8.62. The van der Waals surface area contributed by atoms with Gasteiger partial charge in [0, 0.05) is 23.4 Å². The molecule has 3 nitrogen and oxygen atoms in total. The fraction of sp³-hybridized carbons (Fsp3) is 0.333. The van der Waals surface area contributed by atoms with Crippen molar-refractivity contribution in [1.29, 1.82) is 0 Å². The second kappa shape index (κ2) is 3.19. The molecule has 2 aliphatic rings. The molecule has 0 saturated heterocycles. The lowest BCUT2D eigenvalue weighted by Crippen LogP contribution is -2.19.